The zero-order valence-electron chi connectivity index (χ0n) is 19.1. The molecule has 178 valence electrons. The SMILES string of the molecule is BC(B)(B)Oc1cnc(C(=O)Nc2cc(Cl)c(F)c([C@]3(C)CS(=O)(=O)N(C)C(=N)N3)c2)c(F)c1. The molecule has 0 unspecified atom stereocenters. The van der Waals surface area contributed by atoms with Crippen LogP contribution in [0.25, 0.3) is 0 Å². The Hall–Kier alpha value is -2.80. The fraction of sp³-hybridized carbons (Fsp3) is 0.278. The van der Waals surface area contributed by atoms with E-state index in [1.165, 1.54) is 26.2 Å². The summed E-state index contributed by atoms with van der Waals surface area (Å²) in [5.41, 5.74) is -2.31. The summed E-state index contributed by atoms with van der Waals surface area (Å²) in [5, 5.41) is 12.0. The van der Waals surface area contributed by atoms with Gasteiger partial charge in [-0.2, -0.15) is 0 Å². The van der Waals surface area contributed by atoms with Gasteiger partial charge in [-0.1, -0.05) is 11.6 Å². The van der Waals surface area contributed by atoms with Gasteiger partial charge in [0.1, 0.15) is 35.1 Å². The summed E-state index contributed by atoms with van der Waals surface area (Å²) in [4.78, 5) is 16.5. The van der Waals surface area contributed by atoms with Gasteiger partial charge in [0, 0.05) is 29.7 Å². The Morgan fingerprint density at radius 3 is 2.56 bits per heavy atom. The molecule has 1 amide bonds. The van der Waals surface area contributed by atoms with E-state index in [0.29, 0.717) is 0 Å². The highest BCUT2D eigenvalue weighted by Crippen LogP contribution is 2.35. The number of nitrogens with zero attached hydrogens (tertiary/aromatic N) is 2. The number of carbonyl (C=O) groups is 1. The molecule has 0 saturated carbocycles. The second kappa shape index (κ2) is 8.77. The molecule has 0 radical (unpaired) electrons. The molecular formula is C18H21B3ClF2N5O4S. The molecule has 3 rings (SSSR count). The Balaban J connectivity index is 1.93. The summed E-state index contributed by atoms with van der Waals surface area (Å²) in [6.45, 7) is 1.39. The van der Waals surface area contributed by atoms with Crippen molar-refractivity contribution in [2.45, 2.75) is 17.8 Å². The molecule has 9 nitrogen and oxygen atoms in total. The van der Waals surface area contributed by atoms with Crippen LogP contribution in [0.15, 0.2) is 24.4 Å². The number of hydrogen-bond donors (Lipinski definition) is 3. The molecule has 1 aromatic heterocycles. The van der Waals surface area contributed by atoms with E-state index >= 15 is 0 Å². The molecule has 16 heteroatoms. The van der Waals surface area contributed by atoms with Crippen LogP contribution in [0.1, 0.15) is 23.0 Å². The van der Waals surface area contributed by atoms with E-state index in [1.807, 2.05) is 0 Å². The van der Waals surface area contributed by atoms with Crippen LogP contribution in [0.4, 0.5) is 14.5 Å². The molecule has 0 spiro atoms. The molecule has 1 saturated heterocycles. The van der Waals surface area contributed by atoms with E-state index in [-0.39, 0.29) is 17.0 Å². The van der Waals surface area contributed by atoms with Crippen molar-refractivity contribution in [2.24, 2.45) is 0 Å². The number of aromatic nitrogens is 1. The molecular weight excluding hydrogens is 488 g/mol. The van der Waals surface area contributed by atoms with Gasteiger partial charge in [0.25, 0.3) is 5.91 Å². The van der Waals surface area contributed by atoms with E-state index in [9.17, 15) is 22.0 Å². The summed E-state index contributed by atoms with van der Waals surface area (Å²) < 4.78 is 60.6. The van der Waals surface area contributed by atoms with E-state index < -0.39 is 60.8 Å². The van der Waals surface area contributed by atoms with E-state index in [4.69, 9.17) is 21.7 Å². The van der Waals surface area contributed by atoms with Gasteiger partial charge in [0.2, 0.25) is 16.0 Å². The maximum atomic E-state index is 14.9. The summed E-state index contributed by atoms with van der Waals surface area (Å²) in [6.07, 6.45) is 1.20. The minimum Gasteiger partial charge on any atom is -0.512 e. The van der Waals surface area contributed by atoms with Gasteiger partial charge in [0.15, 0.2) is 11.5 Å². The van der Waals surface area contributed by atoms with Crippen LogP contribution < -0.4 is 15.4 Å². The first kappa shape index (κ1) is 25.8. The summed E-state index contributed by atoms with van der Waals surface area (Å²) in [5.74, 6) is -3.68. The number of guanidine groups is 1. The van der Waals surface area contributed by atoms with E-state index in [1.54, 1.807) is 23.5 Å². The Morgan fingerprint density at radius 1 is 1.35 bits per heavy atom. The molecule has 1 aromatic carbocycles. The predicted molar refractivity (Wildman–Crippen MR) is 132 cm³/mol. The quantitative estimate of drug-likeness (QED) is 0.453. The van der Waals surface area contributed by atoms with Crippen molar-refractivity contribution >= 4 is 62.7 Å². The van der Waals surface area contributed by atoms with Crippen LogP contribution in [-0.4, -0.2) is 71.2 Å². The highest BCUT2D eigenvalue weighted by molar-refractivity contribution is 7.89. The van der Waals surface area contributed by atoms with Crippen LogP contribution in [0.5, 0.6) is 5.75 Å². The standard InChI is InChI=1S/C18H21B3ClF2N5O4S/c1-17(7-34(31,32)29(2)16(25)28-17)10-3-8(4-11(22)13(10)24)27-15(30)14-12(23)5-9(6-26-14)33-18(19,20)21/h3-6H,7,19-21H2,1-2H3,(H2,25,28)(H,27,30)/t17-/m0/s1. The number of benzene rings is 1. The minimum absolute atomic E-state index is 0.0199. The number of sulfonamides is 1. The third-order valence-electron chi connectivity index (χ3n) is 4.93. The van der Waals surface area contributed by atoms with Gasteiger partial charge in [-0.25, -0.2) is 26.5 Å². The van der Waals surface area contributed by atoms with Crippen molar-refractivity contribution in [1.82, 2.24) is 14.6 Å². The zero-order chi connectivity index (χ0) is 25.6. The highest BCUT2D eigenvalue weighted by Gasteiger charge is 2.43. The average molecular weight is 509 g/mol. The van der Waals surface area contributed by atoms with Gasteiger partial charge in [-0.05, 0) is 19.1 Å². The van der Waals surface area contributed by atoms with Crippen molar-refractivity contribution in [2.75, 3.05) is 18.1 Å². The van der Waals surface area contributed by atoms with Gasteiger partial charge in [-0.15, -0.1) is 0 Å². The molecule has 2 aromatic rings. The number of halogens is 3. The van der Waals surface area contributed by atoms with Crippen molar-refractivity contribution in [1.29, 1.82) is 5.41 Å². The second-order valence-electron chi connectivity index (χ2n) is 9.02. The van der Waals surface area contributed by atoms with E-state index in [2.05, 4.69) is 15.6 Å². The van der Waals surface area contributed by atoms with Gasteiger partial charge in [-0.3, -0.25) is 10.2 Å². The topological polar surface area (TPSA) is 124 Å². The Labute approximate surface area is 203 Å². The lowest BCUT2D eigenvalue weighted by atomic mass is 9.52. The first-order chi connectivity index (χ1) is 15.5. The van der Waals surface area contributed by atoms with Gasteiger partial charge >= 0.3 is 0 Å². The zero-order valence-corrected chi connectivity index (χ0v) is 20.7. The lowest BCUT2D eigenvalue weighted by molar-refractivity contribution is 0.101. The Morgan fingerprint density at radius 2 is 2.00 bits per heavy atom. The number of ether oxygens (including phenoxy) is 1. The largest absolute Gasteiger partial charge is 0.512 e. The number of hydrogen-bond acceptors (Lipinski definition) is 6. The van der Waals surface area contributed by atoms with Gasteiger partial charge in [0.05, 0.1) is 22.5 Å². The molecule has 1 aliphatic heterocycles. The summed E-state index contributed by atoms with van der Waals surface area (Å²) >= 11 is 6.01. The van der Waals surface area contributed by atoms with Crippen molar-refractivity contribution in [3.63, 3.8) is 0 Å². The lowest BCUT2D eigenvalue weighted by Crippen LogP contribution is -2.61. The molecule has 34 heavy (non-hydrogen) atoms. The Kier molecular flexibility index (Phi) is 6.66. The van der Waals surface area contributed by atoms with Crippen LogP contribution in [-0.2, 0) is 15.6 Å². The maximum absolute atomic E-state index is 14.9. The fourth-order valence-corrected chi connectivity index (χ4v) is 5.07. The van der Waals surface area contributed by atoms with Crippen molar-refractivity contribution < 1.29 is 26.7 Å². The monoisotopic (exact) mass is 509 g/mol. The predicted octanol–water partition coefficient (Wildman–Crippen LogP) is -0.830. The molecule has 1 atom stereocenters. The molecule has 1 aliphatic rings. The lowest BCUT2D eigenvalue weighted by Gasteiger charge is -2.40. The van der Waals surface area contributed by atoms with Gasteiger partial charge < -0.3 is 15.4 Å². The van der Waals surface area contributed by atoms with Crippen molar-refractivity contribution in [3.8, 4) is 5.75 Å². The molecule has 0 aliphatic carbocycles. The summed E-state index contributed by atoms with van der Waals surface area (Å²) in [6, 6.07) is 3.30. The third-order valence-corrected chi connectivity index (χ3v) is 7.17. The Bertz CT molecular complexity index is 1300. The number of rotatable bonds is 5. The maximum Gasteiger partial charge on any atom is 0.277 e. The number of carbonyl (C=O) groups excluding carboxylic acids is 1. The third kappa shape index (κ3) is 5.30. The number of amides is 1. The average Bonchev–Trinajstić information content (AvgIpc) is 2.67. The summed E-state index contributed by atoms with van der Waals surface area (Å²) in [7, 11) is 2.59. The normalized spacial score (nSPS) is 19.9. The van der Waals surface area contributed by atoms with E-state index in [0.717, 1.165) is 16.4 Å². The molecule has 0 bridgehead atoms. The highest BCUT2D eigenvalue weighted by atomic mass is 35.5. The number of pyridine rings is 1. The second-order valence-corrected chi connectivity index (χ2v) is 11.4. The van der Waals surface area contributed by atoms with Crippen LogP contribution in [0, 0.1) is 17.0 Å². The molecule has 3 N–H and O–H groups in total. The fourth-order valence-electron chi connectivity index (χ4n) is 3.37. The van der Waals surface area contributed by atoms with Crippen molar-refractivity contribution in [3.05, 3.63) is 52.3 Å². The minimum atomic E-state index is -3.92. The number of anilines is 1. The number of nitrogens with one attached hydrogen (secondary N) is 3. The smallest absolute Gasteiger partial charge is 0.277 e. The first-order valence-corrected chi connectivity index (χ1v) is 12.0. The first-order valence-electron chi connectivity index (χ1n) is 10.0. The molecule has 1 fully saturated rings. The molecule has 2 heterocycles. The van der Waals surface area contributed by atoms with Crippen LogP contribution in [0.3, 0.4) is 0 Å². The van der Waals surface area contributed by atoms with Crippen LogP contribution in [0.2, 0.25) is 5.02 Å². The van der Waals surface area contributed by atoms with Crippen LogP contribution >= 0.6 is 11.6 Å².